The summed E-state index contributed by atoms with van der Waals surface area (Å²) in [5.41, 5.74) is 11.3. The predicted octanol–water partition coefficient (Wildman–Crippen LogP) is 23.2. The van der Waals surface area contributed by atoms with Crippen LogP contribution in [-0.2, 0) is 26.2 Å². The molecule has 21 heteroatoms. The Morgan fingerprint density at radius 1 is 0.383 bits per heavy atom. The number of nitrogens with zero attached hydrogens (tertiary/aromatic N) is 7. The number of rotatable bonds is 36. The molecule has 0 radical (unpaired) electrons. The quantitative estimate of drug-likeness (QED) is 0.0290. The molecule has 4 aromatic heterocycles. The van der Waals surface area contributed by atoms with Crippen LogP contribution in [0.3, 0.4) is 0 Å². The Kier molecular flexibility index (Phi) is 32.4. The van der Waals surface area contributed by atoms with Crippen LogP contribution in [0.4, 0.5) is 0 Å². The molecule has 1 N–H and O–H groups in total. The summed E-state index contributed by atoms with van der Waals surface area (Å²) in [5, 5.41) is 8.79. The van der Waals surface area contributed by atoms with Crippen molar-refractivity contribution in [3.63, 3.8) is 0 Å². The fourth-order valence-electron chi connectivity index (χ4n) is 20.1. The second-order valence-electron chi connectivity index (χ2n) is 35.6. The zero-order valence-corrected chi connectivity index (χ0v) is 79.0. The highest BCUT2D eigenvalue weighted by Gasteiger charge is 2.42. The molecule has 2 bridgehead atoms. The lowest BCUT2D eigenvalue weighted by molar-refractivity contribution is 0.0482. The van der Waals surface area contributed by atoms with Gasteiger partial charge in [-0.15, -0.1) is 0 Å². The minimum Gasteiger partial charge on any atom is -0.496 e. The summed E-state index contributed by atoms with van der Waals surface area (Å²) in [6, 6.07) is 77.8. The molecule has 692 valence electrons. The number of hydrogen-bond donors (Lipinski definition) is 1. The number of nitrogens with one attached hydrogen (secondary N) is 1. The van der Waals surface area contributed by atoms with E-state index < -0.39 is 0 Å². The normalized spacial score (nSPS) is 16.5. The number of ketones is 4. The first kappa shape index (κ1) is 94.3. The van der Waals surface area contributed by atoms with E-state index in [4.69, 9.17) is 56.4 Å². The highest BCUT2D eigenvalue weighted by molar-refractivity contribution is 6.32. The van der Waals surface area contributed by atoms with Gasteiger partial charge in [-0.3, -0.25) is 24.1 Å². The summed E-state index contributed by atoms with van der Waals surface area (Å²) in [5.74, 6) is 7.30. The van der Waals surface area contributed by atoms with Crippen LogP contribution in [-0.4, -0.2) is 174 Å². The third kappa shape index (κ3) is 23.3. The van der Waals surface area contributed by atoms with Crippen LogP contribution in [0.15, 0.2) is 261 Å². The monoisotopic (exact) mass is 1830 g/mol. The van der Waals surface area contributed by atoms with Gasteiger partial charge >= 0.3 is 0 Å². The maximum atomic E-state index is 13.3. The Hall–Kier alpha value is -11.9. The molecule has 5 aliphatic rings. The van der Waals surface area contributed by atoms with E-state index >= 15 is 0 Å². The SMILES string of the molecule is CC(=O)c1cn(CCCN2C3CCC2CC(Oc2ccc(Cl)cc2)C3)c2c(C)cccc12.COc1cccc2c(C(=O)c3ccccc3)cn(CCCN3CCC(Oc4ccccc4Cl)CC3)c12.COc1cccc2c(C(=O)c3ccccc3)cn(CCCNCCOc3ccccc3)c12.COc1ccccc1C1CCN(CCCn2cc(C(=O)C3CC3)c3cccc(OC)c32)CC1. The predicted molar refractivity (Wildman–Crippen MR) is 534 cm³/mol. The number of halogens is 2. The number of fused-ring (bicyclic) bond motifs is 6. The molecule has 1 saturated carbocycles. The van der Waals surface area contributed by atoms with Gasteiger partial charge in [-0.05, 0) is 226 Å². The van der Waals surface area contributed by atoms with E-state index in [1.54, 1.807) is 35.4 Å². The molecule has 4 aliphatic heterocycles. The highest BCUT2D eigenvalue weighted by atomic mass is 35.5. The first-order valence-electron chi connectivity index (χ1n) is 47.5. The summed E-state index contributed by atoms with van der Waals surface area (Å²) in [6.45, 7) is 16.9. The van der Waals surface area contributed by atoms with Crippen LogP contribution >= 0.6 is 23.2 Å². The van der Waals surface area contributed by atoms with E-state index in [2.05, 4.69) is 94.0 Å². The van der Waals surface area contributed by atoms with Crippen LogP contribution in [0, 0.1) is 12.8 Å². The first-order valence-corrected chi connectivity index (χ1v) is 48.2. The van der Waals surface area contributed by atoms with Crippen molar-refractivity contribution in [1.82, 2.24) is 38.3 Å². The van der Waals surface area contributed by atoms with Gasteiger partial charge in [-0.25, -0.2) is 0 Å². The number of benzene rings is 10. The lowest BCUT2D eigenvalue weighted by atomic mass is 9.89. The van der Waals surface area contributed by atoms with Crippen LogP contribution in [0.1, 0.15) is 166 Å². The second-order valence-corrected chi connectivity index (χ2v) is 36.5. The molecule has 8 heterocycles. The molecule has 0 spiro atoms. The number of carbonyl (C=O) groups is 4. The zero-order valence-electron chi connectivity index (χ0n) is 77.5. The topological polar surface area (TPSA) is 174 Å². The maximum absolute atomic E-state index is 13.3. The Bertz CT molecular complexity index is 6220. The summed E-state index contributed by atoms with van der Waals surface area (Å²) in [4.78, 5) is 59.2. The van der Waals surface area contributed by atoms with E-state index in [-0.39, 0.29) is 29.4 Å². The standard InChI is InChI=1S/C30H31ClN2O3.C28H34N2O3.C27H31ClN2O2.C27H28N2O3/c1-35-28-14-7-11-24-25(30(34)22-9-3-2-4-10-22)21-33(29(24)28)18-8-17-32-19-15-23(16-20-32)36-27-13-6-5-12-26(27)31;1-32-25-9-4-3-7-22(25)20-13-17-29(18-14-20)15-6-16-30-19-24(28(31)21-11-12-21)23-8-5-10-26(33-2)27(23)30;1-18-5-3-6-25-26(19(2)31)17-29(27(18)25)13-4-14-30-21-9-10-22(30)16-24(15-21)32-23-11-7-20(28)8-12-23;1-31-25-15-8-14-23-24(27(30)21-10-4-2-5-11-21)20-29(26(23)25)18-9-16-28-17-19-32-22-12-6-3-7-13-22/h2-7,9-14,21,23H,8,15-20H2,1H3;3-5,7-10,19-21H,6,11-18H2,1-2H3;3,5-8,11-12,17,21-22,24H,4,9-10,13-16H2,1-2H3;2-8,10-15,20,28H,9,16-19H2,1H3. The molecule has 2 atom stereocenters. The van der Waals surface area contributed by atoms with Crippen LogP contribution in [0.5, 0.6) is 40.2 Å². The van der Waals surface area contributed by atoms with Crippen molar-refractivity contribution in [2.75, 3.05) is 93.9 Å². The van der Waals surface area contributed by atoms with Crippen molar-refractivity contribution in [3.8, 4) is 40.2 Å². The van der Waals surface area contributed by atoms with Gasteiger partial charge in [0.05, 0.1) is 55.5 Å². The number of aromatic nitrogens is 4. The Labute approximate surface area is 791 Å². The Morgan fingerprint density at radius 3 is 1.35 bits per heavy atom. The van der Waals surface area contributed by atoms with Crippen LogP contribution in [0.25, 0.3) is 43.6 Å². The minimum absolute atomic E-state index is 0.0267. The number of ether oxygens (including phenoxy) is 7. The lowest BCUT2D eigenvalue weighted by Crippen LogP contribution is -2.46. The summed E-state index contributed by atoms with van der Waals surface area (Å²) in [7, 11) is 6.82. The Balaban J connectivity index is 0.000000129. The first-order chi connectivity index (χ1) is 65.1. The van der Waals surface area contributed by atoms with Gasteiger partial charge in [0.1, 0.15) is 59.1 Å². The number of likely N-dealkylation sites (tertiary alicyclic amines) is 2. The molecule has 10 aromatic carbocycles. The molecule has 5 fully saturated rings. The average Bonchev–Trinajstić information content (AvgIpc) is 1.63. The van der Waals surface area contributed by atoms with E-state index in [1.165, 1.54) is 42.3 Å². The number of carbonyl (C=O) groups excluding carboxylic acids is 4. The number of piperidine rings is 3. The third-order valence-corrected chi connectivity index (χ3v) is 27.5. The van der Waals surface area contributed by atoms with Crippen molar-refractivity contribution in [1.29, 1.82) is 0 Å². The van der Waals surface area contributed by atoms with Crippen molar-refractivity contribution in [2.45, 2.75) is 160 Å². The molecular weight excluding hydrogens is 1700 g/mol. The van der Waals surface area contributed by atoms with E-state index in [1.807, 2.05) is 213 Å². The molecule has 1 aliphatic carbocycles. The minimum atomic E-state index is 0.0267. The summed E-state index contributed by atoms with van der Waals surface area (Å²) >= 11 is 12.2. The second kappa shape index (κ2) is 45.7. The number of para-hydroxylation sites is 7. The number of hydrogen-bond acceptors (Lipinski definition) is 15. The van der Waals surface area contributed by atoms with Crippen molar-refractivity contribution in [2.24, 2.45) is 5.92 Å². The molecule has 4 saturated heterocycles. The van der Waals surface area contributed by atoms with Crippen molar-refractivity contribution >= 4 is 89.9 Å². The largest absolute Gasteiger partial charge is 0.496 e. The molecule has 14 aromatic rings. The Morgan fingerprint density at radius 2 is 0.827 bits per heavy atom. The molecule has 133 heavy (non-hydrogen) atoms. The third-order valence-electron chi connectivity index (χ3n) is 26.9. The summed E-state index contributed by atoms with van der Waals surface area (Å²) < 4.78 is 49.5. The number of methoxy groups -OCH3 is 4. The highest BCUT2D eigenvalue weighted by Crippen LogP contribution is 2.42. The molecule has 19 nitrogen and oxygen atoms in total. The van der Waals surface area contributed by atoms with E-state index in [9.17, 15) is 19.2 Å². The van der Waals surface area contributed by atoms with Gasteiger partial charge in [-0.2, -0.15) is 0 Å². The average molecular weight is 1830 g/mol. The zero-order chi connectivity index (χ0) is 92.1. The van der Waals surface area contributed by atoms with E-state index in [0.29, 0.717) is 63.8 Å². The molecule has 0 amide bonds. The summed E-state index contributed by atoms with van der Waals surface area (Å²) in [6.07, 6.45) is 23.7. The van der Waals surface area contributed by atoms with Crippen LogP contribution in [0.2, 0.25) is 10.0 Å². The maximum Gasteiger partial charge on any atom is 0.195 e. The molecule has 19 rings (SSSR count). The fraction of sp³-hybridized carbons (Fsp3) is 0.357. The van der Waals surface area contributed by atoms with Gasteiger partial charge in [0.25, 0.3) is 0 Å². The number of Topliss-reactive ketones (excluding diaryl/α,β-unsaturated/α-hetero) is 2. The van der Waals surface area contributed by atoms with Crippen molar-refractivity contribution in [3.05, 3.63) is 316 Å². The van der Waals surface area contributed by atoms with E-state index in [0.717, 1.165) is 244 Å². The van der Waals surface area contributed by atoms with Gasteiger partial charge in [0, 0.05) is 155 Å². The van der Waals surface area contributed by atoms with Crippen LogP contribution < -0.4 is 38.5 Å². The molecular formula is C112H124Cl2N8O11. The lowest BCUT2D eigenvalue weighted by Gasteiger charge is -2.39. The fourth-order valence-corrected chi connectivity index (χ4v) is 20.4. The van der Waals surface area contributed by atoms with Gasteiger partial charge in [0.2, 0.25) is 0 Å². The number of aryl methyl sites for hydroxylation is 5. The van der Waals surface area contributed by atoms with Crippen molar-refractivity contribution < 1.29 is 52.3 Å². The van der Waals surface area contributed by atoms with Gasteiger partial charge < -0.3 is 66.5 Å². The van der Waals surface area contributed by atoms with Gasteiger partial charge in [-0.1, -0.05) is 187 Å². The smallest absolute Gasteiger partial charge is 0.195 e. The molecule has 2 unspecified atom stereocenters. The van der Waals surface area contributed by atoms with Gasteiger partial charge in [0.15, 0.2) is 23.1 Å².